The van der Waals surface area contributed by atoms with Gasteiger partial charge < -0.3 is 4.57 Å². The Morgan fingerprint density at radius 2 is 1.75 bits per heavy atom. The van der Waals surface area contributed by atoms with Crippen molar-refractivity contribution in [2.75, 3.05) is 0 Å². The molecule has 0 aliphatic heterocycles. The van der Waals surface area contributed by atoms with E-state index in [1.807, 2.05) is 0 Å². The van der Waals surface area contributed by atoms with Crippen LogP contribution in [-0.4, -0.2) is 9.55 Å². The second-order valence-corrected chi connectivity index (χ2v) is 5.68. The number of hydrogen-bond acceptors (Lipinski definition) is 1. The number of nitrogens with zero attached hydrogens (tertiary/aromatic N) is 2. The molecule has 0 radical (unpaired) electrons. The van der Waals surface area contributed by atoms with Gasteiger partial charge in [-0.3, -0.25) is 0 Å². The molecule has 0 bridgehead atoms. The highest BCUT2D eigenvalue weighted by atomic mass is 15.1. The molecule has 4 rings (SSSR count). The Morgan fingerprint density at radius 1 is 1.00 bits per heavy atom. The van der Waals surface area contributed by atoms with E-state index in [1.165, 1.54) is 29.5 Å². The molecule has 2 aromatic carbocycles. The van der Waals surface area contributed by atoms with Gasteiger partial charge in [0.25, 0.3) is 0 Å². The van der Waals surface area contributed by atoms with Crippen LogP contribution in [0.1, 0.15) is 29.4 Å². The monoisotopic (exact) mass is 262 g/mol. The molecule has 3 aromatic rings. The van der Waals surface area contributed by atoms with Gasteiger partial charge >= 0.3 is 0 Å². The topological polar surface area (TPSA) is 17.8 Å². The van der Waals surface area contributed by atoms with E-state index in [1.54, 1.807) is 0 Å². The number of fused-ring (bicyclic) bond motifs is 2. The first-order chi connectivity index (χ1) is 9.83. The predicted octanol–water partition coefficient (Wildman–Crippen LogP) is 4.07. The molecule has 100 valence electrons. The number of rotatable bonds is 1. The minimum absolute atomic E-state index is 0.539. The second-order valence-electron chi connectivity index (χ2n) is 5.68. The minimum Gasteiger partial charge on any atom is -0.325 e. The molecule has 2 heteroatoms. The molecule has 0 N–H and O–H groups in total. The van der Waals surface area contributed by atoms with Crippen molar-refractivity contribution in [3.05, 3.63) is 65.5 Å². The summed E-state index contributed by atoms with van der Waals surface area (Å²) in [5.41, 5.74) is 5.41. The lowest BCUT2D eigenvalue weighted by atomic mass is 9.88. The zero-order valence-corrected chi connectivity index (χ0v) is 11.7. The van der Waals surface area contributed by atoms with Gasteiger partial charge in [-0.1, -0.05) is 36.4 Å². The van der Waals surface area contributed by atoms with Crippen molar-refractivity contribution in [1.82, 2.24) is 9.55 Å². The highest BCUT2D eigenvalue weighted by Gasteiger charge is 2.22. The van der Waals surface area contributed by atoms with Crippen LogP contribution in [0.4, 0.5) is 0 Å². The summed E-state index contributed by atoms with van der Waals surface area (Å²) in [5.74, 6) is 1.13. The summed E-state index contributed by atoms with van der Waals surface area (Å²) in [7, 11) is 0. The van der Waals surface area contributed by atoms with Crippen molar-refractivity contribution in [2.45, 2.75) is 32.2 Å². The van der Waals surface area contributed by atoms with Crippen molar-refractivity contribution in [1.29, 1.82) is 0 Å². The lowest BCUT2D eigenvalue weighted by Gasteiger charge is -2.27. The molecule has 0 amide bonds. The third kappa shape index (κ3) is 1.75. The maximum atomic E-state index is 4.71. The van der Waals surface area contributed by atoms with E-state index in [9.17, 15) is 0 Å². The van der Waals surface area contributed by atoms with E-state index in [2.05, 4.69) is 60.0 Å². The normalized spacial score (nSPS) is 18.1. The van der Waals surface area contributed by atoms with Gasteiger partial charge in [-0.25, -0.2) is 4.98 Å². The fraction of sp³-hybridized carbons (Fsp3) is 0.278. The molecule has 1 heterocycles. The average Bonchev–Trinajstić information content (AvgIpc) is 2.82. The van der Waals surface area contributed by atoms with E-state index in [0.717, 1.165) is 17.8 Å². The molecule has 1 aliphatic rings. The van der Waals surface area contributed by atoms with Crippen molar-refractivity contribution in [3.8, 4) is 0 Å². The van der Waals surface area contributed by atoms with Crippen LogP contribution >= 0.6 is 0 Å². The van der Waals surface area contributed by atoms with E-state index in [4.69, 9.17) is 4.98 Å². The summed E-state index contributed by atoms with van der Waals surface area (Å²) in [6, 6.07) is 17.9. The van der Waals surface area contributed by atoms with Gasteiger partial charge in [-0.15, -0.1) is 0 Å². The predicted molar refractivity (Wildman–Crippen MR) is 82.0 cm³/mol. The Balaban J connectivity index is 1.80. The van der Waals surface area contributed by atoms with Gasteiger partial charge in [-0.05, 0) is 49.4 Å². The Kier molecular flexibility index (Phi) is 2.62. The van der Waals surface area contributed by atoms with Crippen molar-refractivity contribution in [2.24, 2.45) is 0 Å². The largest absolute Gasteiger partial charge is 0.325 e. The van der Waals surface area contributed by atoms with Gasteiger partial charge in [0.1, 0.15) is 5.82 Å². The number of para-hydroxylation sites is 2. The highest BCUT2D eigenvalue weighted by molar-refractivity contribution is 5.76. The molecule has 1 aliphatic carbocycles. The molecule has 1 aromatic heterocycles. The van der Waals surface area contributed by atoms with Gasteiger partial charge in [0.15, 0.2) is 0 Å². The summed E-state index contributed by atoms with van der Waals surface area (Å²) in [6.45, 7) is 2.13. The van der Waals surface area contributed by atoms with Crippen LogP contribution < -0.4 is 0 Å². The second kappa shape index (κ2) is 4.48. The quantitative estimate of drug-likeness (QED) is 0.646. The maximum Gasteiger partial charge on any atom is 0.106 e. The van der Waals surface area contributed by atoms with Crippen molar-refractivity contribution < 1.29 is 0 Å². The average molecular weight is 262 g/mol. The standard InChI is InChI=1S/C18H18N2/c1-13-19-17-8-4-5-9-18(17)20(13)16-11-10-14-6-2-3-7-15(14)12-16/h2-9,16H,10-12H2,1H3. The molecule has 1 unspecified atom stereocenters. The van der Waals surface area contributed by atoms with Crippen LogP contribution in [0.5, 0.6) is 0 Å². The summed E-state index contributed by atoms with van der Waals surface area (Å²) in [5, 5.41) is 0. The molecule has 1 atom stereocenters. The molecular formula is C18H18N2. The molecule has 2 nitrogen and oxygen atoms in total. The van der Waals surface area contributed by atoms with Gasteiger partial charge in [0, 0.05) is 6.04 Å². The first kappa shape index (κ1) is 11.7. The number of imidazole rings is 1. The summed E-state index contributed by atoms with van der Waals surface area (Å²) < 4.78 is 2.44. The maximum absolute atomic E-state index is 4.71. The third-order valence-corrected chi connectivity index (χ3v) is 4.46. The molecule has 0 spiro atoms. The van der Waals surface area contributed by atoms with Gasteiger partial charge in [0.2, 0.25) is 0 Å². The summed E-state index contributed by atoms with van der Waals surface area (Å²) >= 11 is 0. The number of hydrogen-bond donors (Lipinski definition) is 0. The summed E-state index contributed by atoms with van der Waals surface area (Å²) in [4.78, 5) is 4.71. The number of aromatic nitrogens is 2. The van der Waals surface area contributed by atoms with Crippen molar-refractivity contribution >= 4 is 11.0 Å². The third-order valence-electron chi connectivity index (χ3n) is 4.46. The SMILES string of the molecule is Cc1nc2ccccc2n1C1CCc2ccccc2C1. The van der Waals surface area contributed by atoms with Crippen LogP contribution in [0, 0.1) is 6.92 Å². The minimum atomic E-state index is 0.539. The molecular weight excluding hydrogens is 244 g/mol. The Labute approximate surface area is 119 Å². The van der Waals surface area contributed by atoms with Crippen molar-refractivity contribution in [3.63, 3.8) is 0 Å². The van der Waals surface area contributed by atoms with Crippen LogP contribution in [-0.2, 0) is 12.8 Å². The van der Waals surface area contributed by atoms with Crippen LogP contribution in [0.2, 0.25) is 0 Å². The highest BCUT2D eigenvalue weighted by Crippen LogP contribution is 2.32. The van der Waals surface area contributed by atoms with E-state index >= 15 is 0 Å². The fourth-order valence-corrected chi connectivity index (χ4v) is 3.52. The zero-order chi connectivity index (χ0) is 13.5. The Hall–Kier alpha value is -2.09. The van der Waals surface area contributed by atoms with E-state index in [0.29, 0.717) is 6.04 Å². The lowest BCUT2D eigenvalue weighted by molar-refractivity contribution is 0.444. The van der Waals surface area contributed by atoms with Crippen LogP contribution in [0.25, 0.3) is 11.0 Å². The Morgan fingerprint density at radius 3 is 2.65 bits per heavy atom. The molecule has 0 fully saturated rings. The molecule has 0 saturated heterocycles. The van der Waals surface area contributed by atoms with Crippen LogP contribution in [0.15, 0.2) is 48.5 Å². The fourth-order valence-electron chi connectivity index (χ4n) is 3.52. The van der Waals surface area contributed by atoms with E-state index in [-0.39, 0.29) is 0 Å². The number of aryl methyl sites for hydroxylation is 2. The Bertz CT molecular complexity index is 770. The number of benzene rings is 2. The van der Waals surface area contributed by atoms with Gasteiger partial charge in [0.05, 0.1) is 11.0 Å². The first-order valence-electron chi connectivity index (χ1n) is 7.33. The summed E-state index contributed by atoms with van der Waals surface area (Å²) in [6.07, 6.45) is 3.50. The molecule has 20 heavy (non-hydrogen) atoms. The smallest absolute Gasteiger partial charge is 0.106 e. The van der Waals surface area contributed by atoms with Crippen LogP contribution in [0.3, 0.4) is 0 Å². The lowest BCUT2D eigenvalue weighted by Crippen LogP contribution is -2.19. The van der Waals surface area contributed by atoms with E-state index < -0.39 is 0 Å². The zero-order valence-electron chi connectivity index (χ0n) is 11.7. The molecule has 0 saturated carbocycles. The first-order valence-corrected chi connectivity index (χ1v) is 7.33. The van der Waals surface area contributed by atoms with Gasteiger partial charge in [-0.2, -0.15) is 0 Å².